The van der Waals surface area contributed by atoms with E-state index in [1.165, 1.54) is 11.8 Å². The van der Waals surface area contributed by atoms with Crippen molar-refractivity contribution in [2.75, 3.05) is 22.5 Å². The molecule has 0 spiro atoms. The highest BCUT2D eigenvalue weighted by Gasteiger charge is 2.35. The summed E-state index contributed by atoms with van der Waals surface area (Å²) in [6.45, 7) is 3.03. The lowest BCUT2D eigenvalue weighted by atomic mass is 10.1. The van der Waals surface area contributed by atoms with Gasteiger partial charge in [0.05, 0.1) is 0 Å². The molecule has 8 heteroatoms. The van der Waals surface area contributed by atoms with Crippen LogP contribution in [0.15, 0.2) is 36.4 Å². The summed E-state index contributed by atoms with van der Waals surface area (Å²) in [7, 11) is 0. The van der Waals surface area contributed by atoms with Gasteiger partial charge in [0, 0.05) is 11.3 Å². The number of amides is 2. The maximum absolute atomic E-state index is 12.7. The van der Waals surface area contributed by atoms with Crippen LogP contribution in [0.1, 0.15) is 30.6 Å². The number of hydrogen-bond donors (Lipinski definition) is 2. The number of benzene rings is 1. The first kappa shape index (κ1) is 18.4. The Bertz CT molecular complexity index is 912. The molecule has 0 fully saturated rings. The highest BCUT2D eigenvalue weighted by Crippen LogP contribution is 2.33. The molecule has 0 bridgehead atoms. The highest BCUT2D eigenvalue weighted by molar-refractivity contribution is 6.06. The number of nitrogens with zero attached hydrogens (tertiary/aromatic N) is 2. The Morgan fingerprint density at radius 2 is 2.07 bits per heavy atom. The highest BCUT2D eigenvalue weighted by atomic mass is 16.5. The van der Waals surface area contributed by atoms with Crippen LogP contribution in [0.3, 0.4) is 0 Å². The predicted molar refractivity (Wildman–Crippen MR) is 101 cm³/mol. The average molecular weight is 368 g/mol. The minimum atomic E-state index is -0.684. The Labute approximate surface area is 156 Å². The smallest absolute Gasteiger partial charge is 0.269 e. The molecule has 0 saturated carbocycles. The maximum Gasteiger partial charge on any atom is 0.269 e. The van der Waals surface area contributed by atoms with Gasteiger partial charge >= 0.3 is 0 Å². The van der Waals surface area contributed by atoms with Gasteiger partial charge in [-0.2, -0.15) is 0 Å². The predicted octanol–water partition coefficient (Wildman–Crippen LogP) is 2.01. The van der Waals surface area contributed by atoms with Crippen LogP contribution in [-0.2, 0) is 9.59 Å². The summed E-state index contributed by atoms with van der Waals surface area (Å²) in [5, 5.41) is 2.70. The largest absolute Gasteiger partial charge is 0.477 e. The quantitative estimate of drug-likeness (QED) is 0.780. The van der Waals surface area contributed by atoms with Crippen LogP contribution in [0.2, 0.25) is 0 Å². The number of hydrogen-bond acceptors (Lipinski definition) is 6. The lowest BCUT2D eigenvalue weighted by Gasteiger charge is -2.32. The summed E-state index contributed by atoms with van der Waals surface area (Å²) in [5.74, 6) is -0.0282. The van der Waals surface area contributed by atoms with Gasteiger partial charge in [-0.1, -0.05) is 19.1 Å². The molecular weight excluding hydrogens is 348 g/mol. The maximum atomic E-state index is 12.7. The van der Waals surface area contributed by atoms with Crippen molar-refractivity contribution < 1.29 is 19.1 Å². The van der Waals surface area contributed by atoms with Crippen LogP contribution in [0.25, 0.3) is 0 Å². The Morgan fingerprint density at radius 1 is 1.30 bits per heavy atom. The molecule has 8 nitrogen and oxygen atoms in total. The third-order valence-corrected chi connectivity index (χ3v) is 4.15. The normalized spacial score (nSPS) is 15.7. The van der Waals surface area contributed by atoms with Crippen molar-refractivity contribution >= 4 is 34.9 Å². The van der Waals surface area contributed by atoms with Crippen molar-refractivity contribution in [2.24, 2.45) is 0 Å². The van der Waals surface area contributed by atoms with Gasteiger partial charge in [-0.05, 0) is 37.6 Å². The number of aromatic nitrogens is 1. The monoisotopic (exact) mass is 368 g/mol. The SMILES string of the molecule is CCC1Oc2ccc(N)nc2N(CC(=O)Nc2cccc(C(C)=O)c2)C1=O. The lowest BCUT2D eigenvalue weighted by Crippen LogP contribution is -2.49. The van der Waals surface area contributed by atoms with E-state index in [0.29, 0.717) is 23.4 Å². The van der Waals surface area contributed by atoms with Gasteiger partial charge < -0.3 is 15.8 Å². The van der Waals surface area contributed by atoms with E-state index in [0.717, 1.165) is 0 Å². The van der Waals surface area contributed by atoms with Crippen molar-refractivity contribution in [1.82, 2.24) is 4.98 Å². The summed E-state index contributed by atoms with van der Waals surface area (Å²) in [4.78, 5) is 42.1. The zero-order valence-electron chi connectivity index (χ0n) is 15.1. The number of anilines is 3. The van der Waals surface area contributed by atoms with E-state index in [9.17, 15) is 14.4 Å². The van der Waals surface area contributed by atoms with Gasteiger partial charge in [-0.25, -0.2) is 4.98 Å². The summed E-state index contributed by atoms with van der Waals surface area (Å²) >= 11 is 0. The van der Waals surface area contributed by atoms with Gasteiger partial charge in [0.2, 0.25) is 5.91 Å². The Balaban J connectivity index is 1.82. The van der Waals surface area contributed by atoms with Crippen molar-refractivity contribution in [3.05, 3.63) is 42.0 Å². The number of nitrogen functional groups attached to an aromatic ring is 1. The molecule has 1 aromatic carbocycles. The minimum Gasteiger partial charge on any atom is -0.477 e. The van der Waals surface area contributed by atoms with Crippen molar-refractivity contribution in [3.63, 3.8) is 0 Å². The number of ketones is 1. The van der Waals surface area contributed by atoms with Gasteiger partial charge in [0.1, 0.15) is 12.4 Å². The molecule has 2 amide bonds. The zero-order chi connectivity index (χ0) is 19.6. The Morgan fingerprint density at radius 3 is 2.78 bits per heavy atom. The number of nitrogens with one attached hydrogen (secondary N) is 1. The molecule has 0 radical (unpaired) electrons. The Hall–Kier alpha value is -3.42. The third-order valence-electron chi connectivity index (χ3n) is 4.15. The summed E-state index contributed by atoms with van der Waals surface area (Å²) in [5.41, 5.74) is 6.68. The molecule has 0 saturated heterocycles. The fourth-order valence-corrected chi connectivity index (χ4v) is 2.79. The second-order valence-electron chi connectivity index (χ2n) is 6.18. The minimum absolute atomic E-state index is 0.103. The zero-order valence-corrected chi connectivity index (χ0v) is 15.1. The van der Waals surface area contributed by atoms with E-state index in [4.69, 9.17) is 10.5 Å². The number of Topliss-reactive ketones (excluding diaryl/α,β-unsaturated/α-hetero) is 1. The molecular formula is C19H20N4O4. The van der Waals surface area contributed by atoms with Crippen LogP contribution in [0.5, 0.6) is 5.75 Å². The fourth-order valence-electron chi connectivity index (χ4n) is 2.79. The molecule has 1 aliphatic rings. The van der Waals surface area contributed by atoms with E-state index < -0.39 is 12.0 Å². The summed E-state index contributed by atoms with van der Waals surface area (Å²) in [6, 6.07) is 9.81. The topological polar surface area (TPSA) is 115 Å². The van der Waals surface area contributed by atoms with E-state index in [1.807, 2.05) is 6.92 Å². The molecule has 1 aliphatic heterocycles. The second-order valence-corrected chi connectivity index (χ2v) is 6.18. The van der Waals surface area contributed by atoms with Crippen LogP contribution in [0, 0.1) is 0 Å². The first-order chi connectivity index (χ1) is 12.9. The number of pyridine rings is 1. The fraction of sp³-hybridized carbons (Fsp3) is 0.263. The van der Waals surface area contributed by atoms with Gasteiger partial charge in [0.25, 0.3) is 5.91 Å². The van der Waals surface area contributed by atoms with Crippen molar-refractivity contribution in [2.45, 2.75) is 26.4 Å². The number of rotatable bonds is 5. The second kappa shape index (κ2) is 7.45. The molecule has 3 N–H and O–H groups in total. The van der Waals surface area contributed by atoms with E-state index in [-0.39, 0.29) is 29.9 Å². The van der Waals surface area contributed by atoms with Crippen LogP contribution < -0.4 is 20.7 Å². The molecule has 3 rings (SSSR count). The van der Waals surface area contributed by atoms with Gasteiger partial charge in [-0.3, -0.25) is 19.3 Å². The van der Waals surface area contributed by atoms with Crippen LogP contribution >= 0.6 is 0 Å². The molecule has 1 aromatic heterocycles. The first-order valence-electron chi connectivity index (χ1n) is 8.54. The molecule has 0 aliphatic carbocycles. The Kier molecular flexibility index (Phi) is 5.07. The van der Waals surface area contributed by atoms with Gasteiger partial charge in [0.15, 0.2) is 23.5 Å². The average Bonchev–Trinajstić information content (AvgIpc) is 2.64. The van der Waals surface area contributed by atoms with Crippen molar-refractivity contribution in [1.29, 1.82) is 0 Å². The number of fused-ring (bicyclic) bond motifs is 1. The molecule has 1 unspecified atom stereocenters. The van der Waals surface area contributed by atoms with E-state index in [1.54, 1.807) is 36.4 Å². The van der Waals surface area contributed by atoms with Crippen LogP contribution in [-0.4, -0.2) is 35.2 Å². The number of carbonyl (C=O) groups is 3. The number of nitrogens with two attached hydrogens (primary N) is 1. The third kappa shape index (κ3) is 3.89. The molecule has 140 valence electrons. The molecule has 2 aromatic rings. The number of carbonyl (C=O) groups excluding carboxylic acids is 3. The summed E-state index contributed by atoms with van der Waals surface area (Å²) in [6.07, 6.45) is -0.224. The number of ether oxygens (including phenoxy) is 1. The lowest BCUT2D eigenvalue weighted by molar-refractivity contribution is -0.128. The molecule has 1 atom stereocenters. The van der Waals surface area contributed by atoms with E-state index in [2.05, 4.69) is 10.3 Å². The molecule has 2 heterocycles. The molecule has 27 heavy (non-hydrogen) atoms. The van der Waals surface area contributed by atoms with Crippen molar-refractivity contribution in [3.8, 4) is 5.75 Å². The van der Waals surface area contributed by atoms with Crippen LogP contribution in [0.4, 0.5) is 17.3 Å². The standard InChI is InChI=1S/C19H20N4O4/c1-3-14-19(26)23(18-15(27-14)7-8-16(20)22-18)10-17(25)21-13-6-4-5-12(9-13)11(2)24/h4-9,14H,3,10H2,1-2H3,(H2,20,22)(H,21,25). The van der Waals surface area contributed by atoms with Gasteiger partial charge in [-0.15, -0.1) is 0 Å². The summed E-state index contributed by atoms with van der Waals surface area (Å²) < 4.78 is 5.64. The van der Waals surface area contributed by atoms with E-state index >= 15 is 0 Å². The first-order valence-corrected chi connectivity index (χ1v) is 8.54.